The molecule has 0 saturated carbocycles. The van der Waals surface area contributed by atoms with E-state index in [4.69, 9.17) is 11.6 Å². The standard InChI is InChI=1S/C17H15ClN2O3S/c1-2-15(21)20-17-16(13-10-11(18)8-9-14(13)19-17)24(22,23)12-6-4-3-5-7-12/h3-10,19H,2H2,1H3,(H,20,21). The number of H-pyrrole nitrogens is 1. The van der Waals surface area contributed by atoms with E-state index >= 15 is 0 Å². The SMILES string of the molecule is CCC(=O)Nc1[nH]c2ccc(Cl)cc2c1S(=O)(=O)c1ccccc1. The van der Waals surface area contributed by atoms with Gasteiger partial charge < -0.3 is 10.3 Å². The van der Waals surface area contributed by atoms with Crippen LogP contribution >= 0.6 is 11.6 Å². The Morgan fingerprint density at radius 1 is 1.17 bits per heavy atom. The summed E-state index contributed by atoms with van der Waals surface area (Å²) in [4.78, 5) is 14.9. The highest BCUT2D eigenvalue weighted by atomic mass is 35.5. The highest BCUT2D eigenvalue weighted by Gasteiger charge is 2.27. The molecule has 0 bridgehead atoms. The van der Waals surface area contributed by atoms with Gasteiger partial charge in [-0.3, -0.25) is 4.79 Å². The predicted octanol–water partition coefficient (Wildman–Crippen LogP) is 4.00. The Kier molecular flexibility index (Phi) is 4.34. The van der Waals surface area contributed by atoms with E-state index in [0.717, 1.165) is 0 Å². The Labute approximate surface area is 144 Å². The Morgan fingerprint density at radius 2 is 1.88 bits per heavy atom. The number of rotatable bonds is 4. The summed E-state index contributed by atoms with van der Waals surface area (Å²) in [6.07, 6.45) is 0.237. The van der Waals surface area contributed by atoms with E-state index in [1.807, 2.05) is 0 Å². The van der Waals surface area contributed by atoms with Gasteiger partial charge in [-0.15, -0.1) is 0 Å². The molecule has 0 atom stereocenters. The van der Waals surface area contributed by atoms with Crippen molar-refractivity contribution in [2.24, 2.45) is 0 Å². The van der Waals surface area contributed by atoms with Crippen LogP contribution in [0.5, 0.6) is 0 Å². The first-order chi connectivity index (χ1) is 11.4. The monoisotopic (exact) mass is 362 g/mol. The number of benzene rings is 2. The summed E-state index contributed by atoms with van der Waals surface area (Å²) in [5.41, 5.74) is 0.584. The van der Waals surface area contributed by atoms with Gasteiger partial charge in [-0.2, -0.15) is 0 Å². The van der Waals surface area contributed by atoms with Gasteiger partial charge in [0.15, 0.2) is 0 Å². The molecule has 1 amide bonds. The molecule has 2 aromatic carbocycles. The highest BCUT2D eigenvalue weighted by molar-refractivity contribution is 7.92. The molecule has 1 aromatic heterocycles. The van der Waals surface area contributed by atoms with Crippen LogP contribution in [-0.2, 0) is 14.6 Å². The first-order valence-corrected chi connectivity index (χ1v) is 9.21. The molecule has 124 valence electrons. The minimum atomic E-state index is -3.83. The van der Waals surface area contributed by atoms with E-state index < -0.39 is 9.84 Å². The number of carbonyl (C=O) groups excluding carboxylic acids is 1. The van der Waals surface area contributed by atoms with E-state index in [2.05, 4.69) is 10.3 Å². The van der Waals surface area contributed by atoms with Crippen molar-refractivity contribution in [3.05, 3.63) is 53.6 Å². The lowest BCUT2D eigenvalue weighted by Crippen LogP contribution is -2.13. The number of amides is 1. The number of aromatic nitrogens is 1. The molecule has 2 N–H and O–H groups in total. The van der Waals surface area contributed by atoms with Crippen molar-refractivity contribution in [3.8, 4) is 0 Å². The maximum Gasteiger partial charge on any atom is 0.225 e. The fourth-order valence-electron chi connectivity index (χ4n) is 2.45. The van der Waals surface area contributed by atoms with Crippen molar-refractivity contribution in [3.63, 3.8) is 0 Å². The smallest absolute Gasteiger partial charge is 0.225 e. The van der Waals surface area contributed by atoms with Gasteiger partial charge in [0.2, 0.25) is 15.7 Å². The third-order valence-electron chi connectivity index (χ3n) is 3.62. The lowest BCUT2D eigenvalue weighted by atomic mass is 10.2. The molecule has 0 aliphatic rings. The molecule has 0 radical (unpaired) electrons. The maximum atomic E-state index is 13.1. The molecule has 1 heterocycles. The predicted molar refractivity (Wildman–Crippen MR) is 94.1 cm³/mol. The fourth-order valence-corrected chi connectivity index (χ4v) is 4.20. The molecule has 24 heavy (non-hydrogen) atoms. The molecule has 0 aliphatic heterocycles. The number of hydrogen-bond donors (Lipinski definition) is 2. The quantitative estimate of drug-likeness (QED) is 0.736. The van der Waals surface area contributed by atoms with Crippen LogP contribution in [0.3, 0.4) is 0 Å². The number of hydrogen-bond acceptors (Lipinski definition) is 3. The normalized spacial score (nSPS) is 11.6. The number of anilines is 1. The summed E-state index contributed by atoms with van der Waals surface area (Å²) in [6, 6.07) is 13.0. The van der Waals surface area contributed by atoms with E-state index in [0.29, 0.717) is 15.9 Å². The zero-order valence-corrected chi connectivity index (χ0v) is 14.4. The minimum Gasteiger partial charge on any atom is -0.340 e. The molecule has 0 aliphatic carbocycles. The average Bonchev–Trinajstić information content (AvgIpc) is 2.93. The van der Waals surface area contributed by atoms with Crippen molar-refractivity contribution in [1.29, 1.82) is 0 Å². The van der Waals surface area contributed by atoms with Crippen LogP contribution in [0, 0.1) is 0 Å². The Hall–Kier alpha value is -2.31. The number of sulfone groups is 1. The highest BCUT2D eigenvalue weighted by Crippen LogP contribution is 2.36. The number of nitrogens with one attached hydrogen (secondary N) is 2. The van der Waals surface area contributed by atoms with Crippen molar-refractivity contribution < 1.29 is 13.2 Å². The van der Waals surface area contributed by atoms with Crippen LogP contribution in [0.1, 0.15) is 13.3 Å². The number of carbonyl (C=O) groups is 1. The number of halogens is 1. The van der Waals surface area contributed by atoms with Crippen molar-refractivity contribution >= 4 is 44.1 Å². The van der Waals surface area contributed by atoms with Crippen LogP contribution in [0.2, 0.25) is 5.02 Å². The molecule has 7 heteroatoms. The van der Waals surface area contributed by atoms with Gasteiger partial charge in [-0.1, -0.05) is 36.7 Å². The largest absolute Gasteiger partial charge is 0.340 e. The number of aromatic amines is 1. The molecular weight excluding hydrogens is 348 g/mol. The Bertz CT molecular complexity index is 1010. The summed E-state index contributed by atoms with van der Waals surface area (Å²) >= 11 is 6.03. The minimum absolute atomic E-state index is 0.0213. The summed E-state index contributed by atoms with van der Waals surface area (Å²) < 4.78 is 26.2. The maximum absolute atomic E-state index is 13.1. The van der Waals surface area contributed by atoms with Gasteiger partial charge in [0.05, 0.1) is 4.90 Å². The van der Waals surface area contributed by atoms with Crippen LogP contribution in [0.15, 0.2) is 58.3 Å². The molecule has 0 unspecified atom stereocenters. The number of fused-ring (bicyclic) bond motifs is 1. The molecule has 0 saturated heterocycles. The third kappa shape index (κ3) is 2.90. The second-order valence-electron chi connectivity index (χ2n) is 5.24. The first-order valence-electron chi connectivity index (χ1n) is 7.34. The second-order valence-corrected chi connectivity index (χ2v) is 7.56. The van der Waals surface area contributed by atoms with Gasteiger partial charge >= 0.3 is 0 Å². The molecule has 0 fully saturated rings. The van der Waals surface area contributed by atoms with Gasteiger partial charge in [0, 0.05) is 22.3 Å². The summed E-state index contributed by atoms with van der Waals surface area (Å²) in [5.74, 6) is -0.125. The van der Waals surface area contributed by atoms with Crippen LogP contribution in [0.4, 0.5) is 5.82 Å². The zero-order chi connectivity index (χ0) is 17.3. The van der Waals surface area contributed by atoms with Gasteiger partial charge in [0.25, 0.3) is 0 Å². The van der Waals surface area contributed by atoms with Crippen molar-refractivity contribution in [2.45, 2.75) is 23.1 Å². The van der Waals surface area contributed by atoms with Crippen LogP contribution in [0.25, 0.3) is 10.9 Å². The van der Waals surface area contributed by atoms with E-state index in [1.165, 1.54) is 12.1 Å². The molecule has 3 rings (SSSR count). The Morgan fingerprint density at radius 3 is 2.54 bits per heavy atom. The van der Waals surface area contributed by atoms with E-state index in [1.54, 1.807) is 43.3 Å². The van der Waals surface area contributed by atoms with E-state index in [-0.39, 0.29) is 27.9 Å². The van der Waals surface area contributed by atoms with Crippen LogP contribution < -0.4 is 5.32 Å². The van der Waals surface area contributed by atoms with Gasteiger partial charge in [-0.25, -0.2) is 8.42 Å². The Balaban J connectivity index is 2.30. The summed E-state index contributed by atoms with van der Waals surface area (Å²) in [6.45, 7) is 1.69. The molecular formula is C17H15ClN2O3S. The van der Waals surface area contributed by atoms with E-state index in [9.17, 15) is 13.2 Å². The van der Waals surface area contributed by atoms with Crippen molar-refractivity contribution in [2.75, 3.05) is 5.32 Å². The fraction of sp³-hybridized carbons (Fsp3) is 0.118. The lowest BCUT2D eigenvalue weighted by molar-refractivity contribution is -0.115. The second kappa shape index (κ2) is 6.30. The summed E-state index contributed by atoms with van der Waals surface area (Å²) in [7, 11) is -3.83. The zero-order valence-electron chi connectivity index (χ0n) is 12.8. The third-order valence-corrected chi connectivity index (χ3v) is 5.71. The average molecular weight is 363 g/mol. The first kappa shape index (κ1) is 16.5. The topological polar surface area (TPSA) is 79.0 Å². The van der Waals surface area contributed by atoms with Gasteiger partial charge in [-0.05, 0) is 30.3 Å². The molecule has 3 aromatic rings. The van der Waals surface area contributed by atoms with Crippen LogP contribution in [-0.4, -0.2) is 19.3 Å². The lowest BCUT2D eigenvalue weighted by Gasteiger charge is -2.08. The summed E-state index contributed by atoms with van der Waals surface area (Å²) in [5, 5.41) is 3.49. The van der Waals surface area contributed by atoms with Gasteiger partial charge in [0.1, 0.15) is 10.7 Å². The van der Waals surface area contributed by atoms with Crippen molar-refractivity contribution in [1.82, 2.24) is 4.98 Å². The molecule has 5 nitrogen and oxygen atoms in total. The molecule has 0 spiro atoms.